The van der Waals surface area contributed by atoms with Crippen LogP contribution in [0.2, 0.25) is 0 Å². The van der Waals surface area contributed by atoms with Crippen molar-refractivity contribution < 1.29 is 4.79 Å². The van der Waals surface area contributed by atoms with Crippen LogP contribution in [-0.2, 0) is 4.79 Å². The van der Waals surface area contributed by atoms with Crippen LogP contribution in [0.3, 0.4) is 0 Å². The Kier molecular flexibility index (Phi) is 3.73. The van der Waals surface area contributed by atoms with Crippen LogP contribution < -0.4 is 0 Å². The molecule has 0 atom stereocenters. The van der Waals surface area contributed by atoms with Gasteiger partial charge in [0.25, 0.3) is 0 Å². The zero-order valence-electron chi connectivity index (χ0n) is 11.4. The second-order valence-corrected chi connectivity index (χ2v) is 5.06. The third-order valence-electron chi connectivity index (χ3n) is 3.70. The number of pyridine rings is 1. The maximum Gasteiger partial charge on any atom is 0.159 e. The standard InChI is InChI=1S/C18H17NO/c20-17-12-5-4-10-15(17)18(14-8-2-1-3-9-14)16-11-6-7-13-19-16/h1-3,6-9,11,13H,4-5,10,12H2. The van der Waals surface area contributed by atoms with Gasteiger partial charge in [-0.3, -0.25) is 9.78 Å². The van der Waals surface area contributed by atoms with Crippen LogP contribution >= 0.6 is 0 Å². The van der Waals surface area contributed by atoms with Gasteiger partial charge in [-0.25, -0.2) is 0 Å². The molecule has 1 aliphatic carbocycles. The van der Waals surface area contributed by atoms with Crippen LogP contribution in [0.5, 0.6) is 0 Å². The van der Waals surface area contributed by atoms with E-state index >= 15 is 0 Å². The van der Waals surface area contributed by atoms with Crippen LogP contribution in [-0.4, -0.2) is 10.8 Å². The Bertz CT molecular complexity index is 587. The van der Waals surface area contributed by atoms with Crippen molar-refractivity contribution >= 4 is 11.4 Å². The van der Waals surface area contributed by atoms with Crippen molar-refractivity contribution in [2.45, 2.75) is 25.7 Å². The average Bonchev–Trinajstić information content (AvgIpc) is 2.52. The molecule has 1 aromatic heterocycles. The molecule has 3 rings (SSSR count). The van der Waals surface area contributed by atoms with Gasteiger partial charge in [0.15, 0.2) is 5.78 Å². The van der Waals surface area contributed by atoms with Crippen molar-refractivity contribution in [3.63, 3.8) is 0 Å². The molecule has 0 saturated heterocycles. The molecule has 20 heavy (non-hydrogen) atoms. The van der Waals surface area contributed by atoms with Gasteiger partial charge in [0.2, 0.25) is 0 Å². The summed E-state index contributed by atoms with van der Waals surface area (Å²) in [5.41, 5.74) is 3.93. The summed E-state index contributed by atoms with van der Waals surface area (Å²) in [5.74, 6) is 0.278. The predicted molar refractivity (Wildman–Crippen MR) is 80.2 cm³/mol. The molecule has 100 valence electrons. The Balaban J connectivity index is 2.18. The molecule has 0 unspecified atom stereocenters. The molecule has 1 saturated carbocycles. The van der Waals surface area contributed by atoms with Crippen LogP contribution in [0.15, 0.2) is 60.3 Å². The van der Waals surface area contributed by atoms with Gasteiger partial charge >= 0.3 is 0 Å². The number of hydrogen-bond acceptors (Lipinski definition) is 2. The Morgan fingerprint density at radius 3 is 2.35 bits per heavy atom. The molecule has 0 radical (unpaired) electrons. The summed E-state index contributed by atoms with van der Waals surface area (Å²) in [7, 11) is 0. The number of ketones is 1. The first-order chi connectivity index (χ1) is 9.86. The van der Waals surface area contributed by atoms with E-state index in [0.717, 1.165) is 41.7 Å². The zero-order chi connectivity index (χ0) is 13.8. The molecule has 0 amide bonds. The fraction of sp³-hybridized carbons (Fsp3) is 0.222. The molecular formula is C18H17NO. The Morgan fingerprint density at radius 1 is 0.900 bits per heavy atom. The van der Waals surface area contributed by atoms with Crippen molar-refractivity contribution in [1.29, 1.82) is 0 Å². The smallest absolute Gasteiger partial charge is 0.159 e. The molecule has 0 aliphatic heterocycles. The maximum absolute atomic E-state index is 12.3. The molecule has 1 heterocycles. The van der Waals surface area contributed by atoms with Gasteiger partial charge in [0.05, 0.1) is 5.69 Å². The second kappa shape index (κ2) is 5.83. The highest BCUT2D eigenvalue weighted by molar-refractivity contribution is 6.05. The molecular weight excluding hydrogens is 246 g/mol. The van der Waals surface area contributed by atoms with Crippen molar-refractivity contribution in [3.8, 4) is 0 Å². The monoisotopic (exact) mass is 263 g/mol. The van der Waals surface area contributed by atoms with Gasteiger partial charge in [0.1, 0.15) is 0 Å². The number of aromatic nitrogens is 1. The predicted octanol–water partition coefficient (Wildman–Crippen LogP) is 4.03. The fourth-order valence-corrected chi connectivity index (χ4v) is 2.73. The highest BCUT2D eigenvalue weighted by Gasteiger charge is 2.21. The topological polar surface area (TPSA) is 30.0 Å². The molecule has 2 aromatic rings. The number of rotatable bonds is 2. The third-order valence-corrected chi connectivity index (χ3v) is 3.70. The van der Waals surface area contributed by atoms with Crippen molar-refractivity contribution in [3.05, 3.63) is 71.6 Å². The number of carbonyl (C=O) groups excluding carboxylic acids is 1. The largest absolute Gasteiger partial charge is 0.295 e. The van der Waals surface area contributed by atoms with Gasteiger partial charge in [-0.15, -0.1) is 0 Å². The number of benzene rings is 1. The molecule has 1 aromatic carbocycles. The lowest BCUT2D eigenvalue weighted by atomic mass is 9.86. The van der Waals surface area contributed by atoms with Crippen LogP contribution in [0.25, 0.3) is 5.57 Å². The number of nitrogens with zero attached hydrogens (tertiary/aromatic N) is 1. The minimum atomic E-state index is 0.278. The second-order valence-electron chi connectivity index (χ2n) is 5.06. The number of allylic oxidation sites excluding steroid dienone is 1. The molecule has 0 N–H and O–H groups in total. The SMILES string of the molecule is O=C1CCCCC1=C(c1ccccc1)c1ccccn1. The van der Waals surface area contributed by atoms with Crippen LogP contribution in [0.4, 0.5) is 0 Å². The Labute approximate surface area is 119 Å². The Hall–Kier alpha value is -2.22. The first-order valence-electron chi connectivity index (χ1n) is 7.09. The van der Waals surface area contributed by atoms with E-state index in [1.165, 1.54) is 0 Å². The highest BCUT2D eigenvalue weighted by Crippen LogP contribution is 2.32. The van der Waals surface area contributed by atoms with Gasteiger partial charge in [-0.05, 0) is 37.0 Å². The van der Waals surface area contributed by atoms with Gasteiger partial charge < -0.3 is 0 Å². The molecule has 1 fully saturated rings. The average molecular weight is 263 g/mol. The summed E-state index contributed by atoms with van der Waals surface area (Å²) < 4.78 is 0. The highest BCUT2D eigenvalue weighted by atomic mass is 16.1. The third kappa shape index (κ3) is 2.55. The number of Topliss-reactive ketones (excluding diaryl/α,β-unsaturated/α-hetero) is 1. The van der Waals surface area contributed by atoms with Crippen LogP contribution in [0, 0.1) is 0 Å². The van der Waals surface area contributed by atoms with E-state index in [9.17, 15) is 4.79 Å². The molecule has 0 bridgehead atoms. The van der Waals surface area contributed by atoms with E-state index in [1.807, 2.05) is 36.4 Å². The summed E-state index contributed by atoms with van der Waals surface area (Å²) in [6, 6.07) is 16.0. The van der Waals surface area contributed by atoms with Crippen molar-refractivity contribution in [1.82, 2.24) is 4.98 Å². The minimum Gasteiger partial charge on any atom is -0.295 e. The van der Waals surface area contributed by atoms with Gasteiger partial charge in [0, 0.05) is 23.8 Å². The van der Waals surface area contributed by atoms with Crippen molar-refractivity contribution in [2.75, 3.05) is 0 Å². The Morgan fingerprint density at radius 2 is 1.65 bits per heavy atom. The summed E-state index contributed by atoms with van der Waals surface area (Å²) >= 11 is 0. The summed E-state index contributed by atoms with van der Waals surface area (Å²) in [5, 5.41) is 0. The van der Waals surface area contributed by atoms with Crippen LogP contribution in [0.1, 0.15) is 36.9 Å². The van der Waals surface area contributed by atoms with E-state index in [4.69, 9.17) is 0 Å². The number of carbonyl (C=O) groups is 1. The van der Waals surface area contributed by atoms with Gasteiger partial charge in [-0.1, -0.05) is 36.4 Å². The molecule has 2 nitrogen and oxygen atoms in total. The normalized spacial score (nSPS) is 17.9. The molecule has 1 aliphatic rings. The lowest BCUT2D eigenvalue weighted by molar-refractivity contribution is -0.116. The fourth-order valence-electron chi connectivity index (χ4n) is 2.73. The maximum atomic E-state index is 12.3. The molecule has 2 heteroatoms. The summed E-state index contributed by atoms with van der Waals surface area (Å²) in [6.45, 7) is 0. The van der Waals surface area contributed by atoms with Gasteiger partial charge in [-0.2, -0.15) is 0 Å². The number of hydrogen-bond donors (Lipinski definition) is 0. The van der Waals surface area contributed by atoms with E-state index in [-0.39, 0.29) is 5.78 Å². The first kappa shape index (κ1) is 12.8. The summed E-state index contributed by atoms with van der Waals surface area (Å²) in [6.07, 6.45) is 5.40. The van der Waals surface area contributed by atoms with E-state index in [2.05, 4.69) is 17.1 Å². The van der Waals surface area contributed by atoms with E-state index in [0.29, 0.717) is 6.42 Å². The molecule has 0 spiro atoms. The lowest BCUT2D eigenvalue weighted by Gasteiger charge is -2.18. The first-order valence-corrected chi connectivity index (χ1v) is 7.09. The zero-order valence-corrected chi connectivity index (χ0v) is 11.4. The minimum absolute atomic E-state index is 0.278. The van der Waals surface area contributed by atoms with E-state index in [1.54, 1.807) is 6.20 Å². The quantitative estimate of drug-likeness (QED) is 0.766. The van der Waals surface area contributed by atoms with Crippen molar-refractivity contribution in [2.24, 2.45) is 0 Å². The summed E-state index contributed by atoms with van der Waals surface area (Å²) in [4.78, 5) is 16.8. The lowest BCUT2D eigenvalue weighted by Crippen LogP contribution is -2.12. The van der Waals surface area contributed by atoms with E-state index < -0.39 is 0 Å².